The fourth-order valence-corrected chi connectivity index (χ4v) is 2.95. The highest BCUT2D eigenvalue weighted by molar-refractivity contribution is 5.82. The molecular weight excluding hydrogens is 255 g/mol. The van der Waals surface area contributed by atoms with E-state index in [2.05, 4.69) is 17.6 Å². The quantitative estimate of drug-likeness (QED) is 0.869. The topological polar surface area (TPSA) is 41.1 Å². The van der Waals surface area contributed by atoms with Gasteiger partial charge in [-0.05, 0) is 50.0 Å². The van der Waals surface area contributed by atoms with Gasteiger partial charge in [-0.25, -0.2) is 4.39 Å². The number of piperidine rings is 1. The molecule has 1 heterocycles. The molecule has 4 heteroatoms. The number of benzene rings is 1. The molecule has 1 aliphatic rings. The van der Waals surface area contributed by atoms with E-state index in [-0.39, 0.29) is 17.1 Å². The minimum atomic E-state index is -0.249. The molecule has 1 aliphatic heterocycles. The Balaban J connectivity index is 1.96. The third-order valence-corrected chi connectivity index (χ3v) is 4.14. The number of amides is 1. The predicted octanol–water partition coefficient (Wildman–Crippen LogP) is 2.61. The second-order valence-corrected chi connectivity index (χ2v) is 5.59. The van der Waals surface area contributed by atoms with Crippen LogP contribution in [0.5, 0.6) is 0 Å². The maximum atomic E-state index is 12.8. The summed E-state index contributed by atoms with van der Waals surface area (Å²) in [4.78, 5) is 12.5. The molecule has 2 N–H and O–H groups in total. The van der Waals surface area contributed by atoms with E-state index in [1.807, 2.05) is 0 Å². The van der Waals surface area contributed by atoms with Crippen molar-refractivity contribution >= 4 is 5.91 Å². The van der Waals surface area contributed by atoms with Gasteiger partial charge in [-0.3, -0.25) is 4.79 Å². The number of halogens is 1. The Morgan fingerprint density at radius 2 is 1.95 bits per heavy atom. The summed E-state index contributed by atoms with van der Waals surface area (Å²) < 4.78 is 12.8. The summed E-state index contributed by atoms with van der Waals surface area (Å²) in [6.07, 6.45) is 3.75. The van der Waals surface area contributed by atoms with E-state index in [4.69, 9.17) is 0 Å². The van der Waals surface area contributed by atoms with Crippen molar-refractivity contribution in [3.8, 4) is 0 Å². The van der Waals surface area contributed by atoms with Crippen molar-refractivity contribution in [2.45, 2.75) is 39.2 Å². The van der Waals surface area contributed by atoms with Gasteiger partial charge in [-0.15, -0.1) is 0 Å². The summed E-state index contributed by atoms with van der Waals surface area (Å²) in [6.45, 7) is 4.41. The summed E-state index contributed by atoms with van der Waals surface area (Å²) >= 11 is 0. The number of hydrogen-bond acceptors (Lipinski definition) is 2. The zero-order valence-corrected chi connectivity index (χ0v) is 12.0. The number of nitrogens with one attached hydrogen (secondary N) is 2. The van der Waals surface area contributed by atoms with Gasteiger partial charge < -0.3 is 10.6 Å². The van der Waals surface area contributed by atoms with Crippen LogP contribution in [0.4, 0.5) is 4.39 Å². The van der Waals surface area contributed by atoms with Crippen molar-refractivity contribution in [1.29, 1.82) is 0 Å². The highest BCUT2D eigenvalue weighted by Crippen LogP contribution is 2.34. The first-order valence-corrected chi connectivity index (χ1v) is 7.40. The van der Waals surface area contributed by atoms with E-state index in [9.17, 15) is 9.18 Å². The van der Waals surface area contributed by atoms with Crippen LogP contribution in [-0.2, 0) is 11.3 Å². The van der Waals surface area contributed by atoms with Gasteiger partial charge in [0.05, 0.1) is 5.41 Å². The minimum Gasteiger partial charge on any atom is -0.352 e. The normalized spacial score (nSPS) is 17.7. The standard InChI is InChI=1S/C16H23FN2O/c1-2-7-16(8-10-18-11-9-16)15(20)19-12-13-3-5-14(17)6-4-13/h3-6,18H,2,7-12H2,1H3,(H,19,20). The lowest BCUT2D eigenvalue weighted by atomic mass is 9.74. The second kappa shape index (κ2) is 6.84. The molecule has 0 saturated carbocycles. The fraction of sp³-hybridized carbons (Fsp3) is 0.562. The van der Waals surface area contributed by atoms with E-state index in [0.717, 1.165) is 44.3 Å². The van der Waals surface area contributed by atoms with Crippen molar-refractivity contribution in [2.75, 3.05) is 13.1 Å². The van der Waals surface area contributed by atoms with Crippen molar-refractivity contribution in [3.05, 3.63) is 35.6 Å². The van der Waals surface area contributed by atoms with Crippen LogP contribution in [0.1, 0.15) is 38.2 Å². The van der Waals surface area contributed by atoms with Crippen LogP contribution in [0.2, 0.25) is 0 Å². The molecule has 0 spiro atoms. The lowest BCUT2D eigenvalue weighted by Crippen LogP contribution is -2.47. The van der Waals surface area contributed by atoms with Crippen LogP contribution in [0.25, 0.3) is 0 Å². The zero-order chi connectivity index (χ0) is 14.4. The molecule has 20 heavy (non-hydrogen) atoms. The first-order chi connectivity index (χ1) is 9.66. The van der Waals surface area contributed by atoms with E-state index in [1.54, 1.807) is 12.1 Å². The molecule has 1 amide bonds. The van der Waals surface area contributed by atoms with Crippen molar-refractivity contribution in [2.24, 2.45) is 5.41 Å². The van der Waals surface area contributed by atoms with Crippen molar-refractivity contribution < 1.29 is 9.18 Å². The van der Waals surface area contributed by atoms with Crippen LogP contribution in [0, 0.1) is 11.2 Å². The Hall–Kier alpha value is -1.42. The van der Waals surface area contributed by atoms with Gasteiger partial charge in [0.25, 0.3) is 0 Å². The van der Waals surface area contributed by atoms with Gasteiger partial charge >= 0.3 is 0 Å². The molecule has 0 atom stereocenters. The molecule has 0 bridgehead atoms. The Bertz CT molecular complexity index is 433. The van der Waals surface area contributed by atoms with E-state index < -0.39 is 0 Å². The first kappa shape index (κ1) is 15.0. The largest absolute Gasteiger partial charge is 0.352 e. The SMILES string of the molecule is CCCC1(C(=O)NCc2ccc(F)cc2)CCNCC1. The number of rotatable bonds is 5. The molecule has 0 radical (unpaired) electrons. The van der Waals surface area contributed by atoms with Gasteiger partial charge in [0.2, 0.25) is 5.91 Å². The van der Waals surface area contributed by atoms with E-state index in [0.29, 0.717) is 6.54 Å². The molecule has 0 aromatic heterocycles. The second-order valence-electron chi connectivity index (χ2n) is 5.59. The summed E-state index contributed by atoms with van der Waals surface area (Å²) in [6, 6.07) is 6.27. The molecular formula is C16H23FN2O. The minimum absolute atomic E-state index is 0.144. The van der Waals surface area contributed by atoms with Gasteiger partial charge in [0.15, 0.2) is 0 Å². The van der Waals surface area contributed by atoms with Gasteiger partial charge in [-0.2, -0.15) is 0 Å². The molecule has 110 valence electrons. The number of carbonyl (C=O) groups excluding carboxylic acids is 1. The van der Waals surface area contributed by atoms with Gasteiger partial charge in [0.1, 0.15) is 5.82 Å². The molecule has 1 saturated heterocycles. The lowest BCUT2D eigenvalue weighted by molar-refractivity contribution is -0.133. The molecule has 3 nitrogen and oxygen atoms in total. The molecule has 0 aliphatic carbocycles. The van der Waals surface area contributed by atoms with Crippen LogP contribution in [0.3, 0.4) is 0 Å². The summed E-state index contributed by atoms with van der Waals surface area (Å²) in [5.41, 5.74) is 0.709. The Labute approximate surface area is 120 Å². The van der Waals surface area contributed by atoms with Crippen molar-refractivity contribution in [1.82, 2.24) is 10.6 Å². The van der Waals surface area contributed by atoms with E-state index in [1.165, 1.54) is 12.1 Å². The highest BCUT2D eigenvalue weighted by atomic mass is 19.1. The van der Waals surface area contributed by atoms with Crippen LogP contribution in [0.15, 0.2) is 24.3 Å². The smallest absolute Gasteiger partial charge is 0.226 e. The molecule has 1 aromatic rings. The zero-order valence-electron chi connectivity index (χ0n) is 12.0. The lowest BCUT2D eigenvalue weighted by Gasteiger charge is -2.36. The molecule has 0 unspecified atom stereocenters. The monoisotopic (exact) mass is 278 g/mol. The average molecular weight is 278 g/mol. The Morgan fingerprint density at radius 3 is 2.55 bits per heavy atom. The van der Waals surface area contributed by atoms with Crippen LogP contribution in [-0.4, -0.2) is 19.0 Å². The summed E-state index contributed by atoms with van der Waals surface area (Å²) in [5.74, 6) is -0.106. The number of carbonyl (C=O) groups is 1. The van der Waals surface area contributed by atoms with Gasteiger partial charge in [0, 0.05) is 6.54 Å². The van der Waals surface area contributed by atoms with E-state index >= 15 is 0 Å². The molecule has 1 aromatic carbocycles. The average Bonchev–Trinajstić information content (AvgIpc) is 2.47. The van der Waals surface area contributed by atoms with Crippen LogP contribution >= 0.6 is 0 Å². The fourth-order valence-electron chi connectivity index (χ4n) is 2.95. The summed E-state index contributed by atoms with van der Waals surface area (Å²) in [5, 5.41) is 6.34. The van der Waals surface area contributed by atoms with Crippen LogP contribution < -0.4 is 10.6 Å². The third kappa shape index (κ3) is 3.57. The molecule has 1 fully saturated rings. The van der Waals surface area contributed by atoms with Gasteiger partial charge in [-0.1, -0.05) is 25.5 Å². The first-order valence-electron chi connectivity index (χ1n) is 7.40. The highest BCUT2D eigenvalue weighted by Gasteiger charge is 2.38. The predicted molar refractivity (Wildman–Crippen MR) is 77.7 cm³/mol. The third-order valence-electron chi connectivity index (χ3n) is 4.14. The molecule has 2 rings (SSSR count). The maximum absolute atomic E-state index is 12.8. The Kier molecular flexibility index (Phi) is 5.12. The maximum Gasteiger partial charge on any atom is 0.226 e. The van der Waals surface area contributed by atoms with Crippen molar-refractivity contribution in [3.63, 3.8) is 0 Å². The Morgan fingerprint density at radius 1 is 1.30 bits per heavy atom. The number of hydrogen-bond donors (Lipinski definition) is 2. The summed E-state index contributed by atoms with van der Waals surface area (Å²) in [7, 11) is 0.